The minimum atomic E-state index is -2.42. The van der Waals surface area contributed by atoms with E-state index in [9.17, 15) is 25.5 Å². The highest BCUT2D eigenvalue weighted by Gasteiger charge is 2.45. The van der Waals surface area contributed by atoms with Gasteiger partial charge in [0.1, 0.15) is 5.75 Å². The molecule has 0 amide bonds. The van der Waals surface area contributed by atoms with E-state index in [4.69, 9.17) is 10.5 Å². The van der Waals surface area contributed by atoms with Gasteiger partial charge in [-0.05, 0) is 36.1 Å². The molecule has 8 N–H and O–H groups in total. The zero-order valence-electron chi connectivity index (χ0n) is 13.4. The van der Waals surface area contributed by atoms with Crippen molar-refractivity contribution in [3.8, 4) is 5.75 Å². The van der Waals surface area contributed by atoms with Gasteiger partial charge in [-0.3, -0.25) is 0 Å². The van der Waals surface area contributed by atoms with Crippen LogP contribution in [0.15, 0.2) is 12.1 Å². The number of aliphatic hydroxyl groups is 5. The molecule has 0 aliphatic carbocycles. The summed E-state index contributed by atoms with van der Waals surface area (Å²) < 4.78 is 5.39. The molecule has 1 aromatic rings. The maximum absolute atomic E-state index is 9.78. The average Bonchev–Trinajstić information content (AvgIpc) is 2.26. The fourth-order valence-electron chi connectivity index (χ4n) is 2.93. The molecule has 1 aromatic carbocycles. The first-order chi connectivity index (χ1) is 10.3. The number of anilines is 1. The van der Waals surface area contributed by atoms with Gasteiger partial charge in [-0.15, -0.1) is 0 Å². The van der Waals surface area contributed by atoms with Crippen molar-refractivity contribution in [3.63, 3.8) is 0 Å². The number of hydrogen-bond donors (Lipinski definition) is 7. The van der Waals surface area contributed by atoms with Crippen LogP contribution >= 0.6 is 0 Å². The molecule has 1 saturated heterocycles. The summed E-state index contributed by atoms with van der Waals surface area (Å²) in [7, 11) is 0. The van der Waals surface area contributed by atoms with E-state index in [1.165, 1.54) is 13.8 Å². The van der Waals surface area contributed by atoms with E-state index < -0.39 is 23.5 Å². The highest BCUT2D eigenvalue weighted by atomic mass is 16.6. The Bertz CT molecular complexity index is 578. The summed E-state index contributed by atoms with van der Waals surface area (Å²) in [6.07, 6.45) is -0.300. The molecule has 23 heavy (non-hydrogen) atoms. The Kier molecular flexibility index (Phi) is 4.35. The topological polar surface area (TPSA) is 148 Å². The van der Waals surface area contributed by atoms with E-state index in [-0.39, 0.29) is 18.6 Å². The van der Waals surface area contributed by atoms with Crippen LogP contribution in [0.5, 0.6) is 5.75 Å². The molecular formula is C15H24N2O6. The summed E-state index contributed by atoms with van der Waals surface area (Å²) in [6.45, 7) is 4.68. The van der Waals surface area contributed by atoms with Gasteiger partial charge in [-0.1, -0.05) is 0 Å². The molecular weight excluding hydrogens is 304 g/mol. The van der Waals surface area contributed by atoms with Crippen LogP contribution in [0.3, 0.4) is 0 Å². The highest BCUT2D eigenvalue weighted by Crippen LogP contribution is 2.40. The van der Waals surface area contributed by atoms with Crippen molar-refractivity contribution in [3.05, 3.63) is 23.3 Å². The summed E-state index contributed by atoms with van der Waals surface area (Å²) in [5.74, 6) is -6.61. The summed E-state index contributed by atoms with van der Waals surface area (Å²) in [4.78, 5) is 0. The molecule has 1 aliphatic rings. The van der Waals surface area contributed by atoms with Crippen molar-refractivity contribution >= 4 is 5.69 Å². The first-order valence-corrected chi connectivity index (χ1v) is 7.28. The van der Waals surface area contributed by atoms with Gasteiger partial charge in [-0.2, -0.15) is 0 Å². The second-order valence-corrected chi connectivity index (χ2v) is 6.66. The Balaban J connectivity index is 2.40. The number of ether oxygens (including phenoxy) is 1. The van der Waals surface area contributed by atoms with Gasteiger partial charge in [0.15, 0.2) is 0 Å². The van der Waals surface area contributed by atoms with Crippen LogP contribution in [0.25, 0.3) is 0 Å². The Hall–Kier alpha value is -1.42. The first-order valence-electron chi connectivity index (χ1n) is 7.28. The normalized spacial score (nSPS) is 21.2. The fourth-order valence-corrected chi connectivity index (χ4v) is 2.93. The van der Waals surface area contributed by atoms with Gasteiger partial charge in [0.25, 0.3) is 0 Å². The second-order valence-electron chi connectivity index (χ2n) is 6.66. The maximum Gasteiger partial charge on any atom is 0.227 e. The lowest BCUT2D eigenvalue weighted by atomic mass is 9.83. The lowest BCUT2D eigenvalue weighted by Gasteiger charge is -2.41. The quantitative estimate of drug-likeness (QED) is 0.288. The van der Waals surface area contributed by atoms with Crippen LogP contribution in [0.2, 0.25) is 0 Å². The number of nitrogens with two attached hydrogens (primary N) is 1. The van der Waals surface area contributed by atoms with Gasteiger partial charge < -0.3 is 36.0 Å². The number of nitrogens with one attached hydrogen (secondary N) is 1. The number of rotatable bonds is 3. The van der Waals surface area contributed by atoms with Gasteiger partial charge in [0.2, 0.25) is 17.6 Å². The minimum absolute atomic E-state index is 0.150. The Morgan fingerprint density at radius 3 is 2.17 bits per heavy atom. The first kappa shape index (κ1) is 17.9. The number of nitrogen functional groups attached to an aromatic ring is 1. The van der Waals surface area contributed by atoms with Crippen LogP contribution in [0.1, 0.15) is 43.7 Å². The summed E-state index contributed by atoms with van der Waals surface area (Å²) in [5, 5.41) is 50.8. The van der Waals surface area contributed by atoms with Crippen molar-refractivity contribution in [2.45, 2.75) is 57.1 Å². The third kappa shape index (κ3) is 4.54. The zero-order valence-corrected chi connectivity index (χ0v) is 13.4. The van der Waals surface area contributed by atoms with Crippen molar-refractivity contribution in [1.29, 1.82) is 0 Å². The molecule has 1 heterocycles. The van der Waals surface area contributed by atoms with E-state index >= 15 is 0 Å². The molecule has 0 aromatic heterocycles. The van der Waals surface area contributed by atoms with Gasteiger partial charge in [0.05, 0.1) is 5.69 Å². The molecule has 0 bridgehead atoms. The smallest absolute Gasteiger partial charge is 0.227 e. The lowest BCUT2D eigenvalue weighted by molar-refractivity contribution is -0.313. The average molecular weight is 328 g/mol. The summed E-state index contributed by atoms with van der Waals surface area (Å²) >= 11 is 0. The highest BCUT2D eigenvalue weighted by molar-refractivity contribution is 5.57. The van der Waals surface area contributed by atoms with E-state index in [0.717, 1.165) is 5.56 Å². The molecule has 0 atom stereocenters. The number of aryl methyl sites for hydroxylation is 1. The number of benzene rings is 1. The van der Waals surface area contributed by atoms with Crippen molar-refractivity contribution in [2.24, 2.45) is 0 Å². The van der Waals surface area contributed by atoms with Crippen molar-refractivity contribution < 1.29 is 30.3 Å². The third-order valence-electron chi connectivity index (χ3n) is 3.66. The molecule has 0 unspecified atom stereocenters. The van der Waals surface area contributed by atoms with E-state index in [0.29, 0.717) is 11.3 Å². The maximum atomic E-state index is 9.78. The van der Waals surface area contributed by atoms with Gasteiger partial charge >= 0.3 is 0 Å². The molecule has 8 nitrogen and oxygen atoms in total. The van der Waals surface area contributed by atoms with Gasteiger partial charge in [0, 0.05) is 26.7 Å². The molecule has 0 saturated carbocycles. The van der Waals surface area contributed by atoms with Crippen LogP contribution in [-0.2, 0) is 0 Å². The fraction of sp³-hybridized carbons (Fsp3) is 0.600. The van der Waals surface area contributed by atoms with Crippen LogP contribution in [0, 0.1) is 6.92 Å². The largest absolute Gasteiger partial charge is 0.461 e. The number of hydrogen-bond acceptors (Lipinski definition) is 8. The molecule has 8 heteroatoms. The molecule has 1 fully saturated rings. The monoisotopic (exact) mass is 328 g/mol. The second kappa shape index (κ2) is 5.59. The predicted molar refractivity (Wildman–Crippen MR) is 82.0 cm³/mol. The Labute approximate surface area is 134 Å². The Morgan fingerprint density at radius 2 is 1.70 bits per heavy atom. The standard InChI is InChI=1S/C15H24N2O6/c1-8-4-11(16)12(23-13(2,3)18)5-10(8)9-6-14(19,20)17-15(21,22)7-9/h4-5,9,17-22H,6-7,16H2,1-3H3. The number of piperidine rings is 1. The van der Waals surface area contributed by atoms with E-state index in [1.807, 2.05) is 5.32 Å². The zero-order chi connectivity index (χ0) is 17.6. The predicted octanol–water partition coefficient (Wildman–Crippen LogP) is -0.572. The molecule has 0 radical (unpaired) electrons. The van der Waals surface area contributed by atoms with Crippen molar-refractivity contribution in [1.82, 2.24) is 5.32 Å². The summed E-state index contributed by atoms with van der Waals surface area (Å²) in [6, 6.07) is 3.20. The van der Waals surface area contributed by atoms with Crippen molar-refractivity contribution in [2.75, 3.05) is 5.73 Å². The Morgan fingerprint density at radius 1 is 1.17 bits per heavy atom. The van der Waals surface area contributed by atoms with Crippen LogP contribution in [0.4, 0.5) is 5.69 Å². The SMILES string of the molecule is Cc1cc(N)c(OC(C)(C)O)cc1C1CC(O)(O)NC(O)(O)C1. The molecule has 130 valence electrons. The van der Waals surface area contributed by atoms with Crippen LogP contribution in [-0.4, -0.2) is 43.1 Å². The van der Waals surface area contributed by atoms with E-state index in [1.54, 1.807) is 19.1 Å². The van der Waals surface area contributed by atoms with E-state index in [2.05, 4.69) is 0 Å². The van der Waals surface area contributed by atoms with Crippen LogP contribution < -0.4 is 15.8 Å². The van der Waals surface area contributed by atoms with Gasteiger partial charge in [-0.25, -0.2) is 5.32 Å². The third-order valence-corrected chi connectivity index (χ3v) is 3.66. The molecule has 1 aliphatic heterocycles. The summed E-state index contributed by atoms with van der Waals surface area (Å²) in [5.41, 5.74) is 7.57. The molecule has 2 rings (SSSR count). The minimum Gasteiger partial charge on any atom is -0.461 e. The molecule has 0 spiro atoms. The lowest BCUT2D eigenvalue weighted by Crippen LogP contribution is -2.63.